The van der Waals surface area contributed by atoms with Gasteiger partial charge < -0.3 is 0 Å². The molecule has 1 heteroatoms. The van der Waals surface area contributed by atoms with E-state index in [1.165, 1.54) is 81.7 Å². The van der Waals surface area contributed by atoms with E-state index < -0.39 is 0 Å². The van der Waals surface area contributed by atoms with Crippen LogP contribution in [0, 0.1) is 29.6 Å². The molecule has 0 amide bonds. The molecule has 1 saturated carbocycles. The number of unbranched alkanes of at least 4 members (excludes halogenated alkanes) is 3. The van der Waals surface area contributed by atoms with E-state index in [9.17, 15) is 0 Å². The van der Waals surface area contributed by atoms with Crippen LogP contribution in [-0.4, -0.2) is 7.28 Å². The number of rotatable bonds is 14. The summed E-state index contributed by atoms with van der Waals surface area (Å²) in [5, 5.41) is 0. The molecule has 1 rings (SSSR count). The van der Waals surface area contributed by atoms with E-state index >= 15 is 0 Å². The molecule has 1 fully saturated rings. The molecule has 1 radical (unpaired) electrons. The highest BCUT2D eigenvalue weighted by Gasteiger charge is 2.22. The third-order valence-electron chi connectivity index (χ3n) is 7.40. The van der Waals surface area contributed by atoms with Gasteiger partial charge in [0.2, 0.25) is 0 Å². The first-order valence-electron chi connectivity index (χ1n) is 12.6. The van der Waals surface area contributed by atoms with Crippen LogP contribution in [-0.2, 0) is 0 Å². The quantitative estimate of drug-likeness (QED) is 0.156. The summed E-state index contributed by atoms with van der Waals surface area (Å²) in [4.78, 5) is 0. The molecular weight excluding hydrogens is 347 g/mol. The molecule has 0 N–H and O–H groups in total. The summed E-state index contributed by atoms with van der Waals surface area (Å²) in [6.07, 6.45) is 17.7. The normalized spacial score (nSPS) is 22.4. The molecule has 1 aliphatic rings. The molecule has 0 aromatic carbocycles. The van der Waals surface area contributed by atoms with Gasteiger partial charge in [0.25, 0.3) is 0 Å². The van der Waals surface area contributed by atoms with E-state index in [-0.39, 0.29) is 0 Å². The van der Waals surface area contributed by atoms with E-state index in [4.69, 9.17) is 0 Å². The molecule has 0 saturated heterocycles. The van der Waals surface area contributed by atoms with Gasteiger partial charge in [-0.2, -0.15) is 0 Å². The smallest absolute Gasteiger partial charge is 0.109 e. The second kappa shape index (κ2) is 14.3. The Balaban J connectivity index is 2.43. The Kier molecular flexibility index (Phi) is 13.0. The monoisotopic (exact) mass is 397 g/mol. The summed E-state index contributed by atoms with van der Waals surface area (Å²) < 4.78 is 0. The van der Waals surface area contributed by atoms with Crippen molar-refractivity contribution in [1.29, 1.82) is 0 Å². The summed E-state index contributed by atoms with van der Waals surface area (Å²) in [5.74, 6) is 3.63. The van der Waals surface area contributed by atoms with Crippen LogP contribution < -0.4 is 0 Å². The maximum atomic E-state index is 4.40. The van der Waals surface area contributed by atoms with Crippen molar-refractivity contribution < 1.29 is 0 Å². The lowest BCUT2D eigenvalue weighted by Crippen LogP contribution is -2.19. The minimum atomic E-state index is 0.564. The molecule has 0 aromatic heterocycles. The van der Waals surface area contributed by atoms with Crippen molar-refractivity contribution in [3.05, 3.63) is 35.8 Å². The molecule has 0 nitrogen and oxygen atoms in total. The third-order valence-corrected chi connectivity index (χ3v) is 7.40. The summed E-state index contributed by atoms with van der Waals surface area (Å²) >= 11 is 0. The fraction of sp³-hybridized carbons (Fsp3) is 0.786. The zero-order valence-corrected chi connectivity index (χ0v) is 20.7. The second-order valence-electron chi connectivity index (χ2n) is 10.4. The van der Waals surface area contributed by atoms with Crippen molar-refractivity contribution in [2.24, 2.45) is 29.6 Å². The largest absolute Gasteiger partial charge is 0.179 e. The molecule has 0 spiro atoms. The summed E-state index contributed by atoms with van der Waals surface area (Å²) in [7, 11) is 2.43. The standard InChI is InChI=1S/C28H50B/c1-9-23(6)28(29-25(8)24(7)22(4)5)20-27-18-16-26(17-19-27)15-13-11-10-12-14-21(2)3/h20,22-24,26-27H,2,8-19H2,1,3-7H3/b28-20-. The van der Waals surface area contributed by atoms with Crippen LogP contribution in [0.2, 0.25) is 0 Å². The highest BCUT2D eigenvalue weighted by Crippen LogP contribution is 2.34. The number of hydrogen-bond acceptors (Lipinski definition) is 0. The van der Waals surface area contributed by atoms with Crippen LogP contribution in [0.5, 0.6) is 0 Å². The summed E-state index contributed by atoms with van der Waals surface area (Å²) in [6.45, 7) is 22.2. The van der Waals surface area contributed by atoms with Crippen molar-refractivity contribution in [3.8, 4) is 0 Å². The van der Waals surface area contributed by atoms with Crippen LogP contribution in [0.15, 0.2) is 35.8 Å². The molecule has 0 aromatic rings. The minimum Gasteiger partial charge on any atom is -0.109 e. The average Bonchev–Trinajstić information content (AvgIpc) is 2.69. The summed E-state index contributed by atoms with van der Waals surface area (Å²) in [6, 6.07) is 0. The van der Waals surface area contributed by atoms with E-state index in [0.717, 1.165) is 11.8 Å². The lowest BCUT2D eigenvalue weighted by Gasteiger charge is -2.29. The molecule has 2 atom stereocenters. The second-order valence-corrected chi connectivity index (χ2v) is 10.4. The molecule has 1 aliphatic carbocycles. The molecule has 0 heterocycles. The van der Waals surface area contributed by atoms with Crippen LogP contribution in [0.25, 0.3) is 0 Å². The third kappa shape index (κ3) is 10.7. The van der Waals surface area contributed by atoms with E-state index in [1.807, 2.05) is 0 Å². The van der Waals surface area contributed by atoms with Gasteiger partial charge in [0.05, 0.1) is 0 Å². The Morgan fingerprint density at radius 2 is 1.59 bits per heavy atom. The van der Waals surface area contributed by atoms with Crippen molar-refractivity contribution in [3.63, 3.8) is 0 Å². The van der Waals surface area contributed by atoms with Gasteiger partial charge in [-0.25, -0.2) is 0 Å². The van der Waals surface area contributed by atoms with Crippen molar-refractivity contribution in [2.75, 3.05) is 0 Å². The van der Waals surface area contributed by atoms with Crippen molar-refractivity contribution in [1.82, 2.24) is 0 Å². The summed E-state index contributed by atoms with van der Waals surface area (Å²) in [5.41, 5.74) is 4.20. The maximum absolute atomic E-state index is 4.40. The zero-order valence-electron chi connectivity index (χ0n) is 20.7. The Labute approximate surface area is 185 Å². The van der Waals surface area contributed by atoms with Crippen LogP contribution in [0.1, 0.15) is 112 Å². The Hall–Kier alpha value is -0.715. The van der Waals surface area contributed by atoms with E-state index in [2.05, 4.69) is 68.1 Å². The van der Waals surface area contributed by atoms with Crippen LogP contribution in [0.4, 0.5) is 0 Å². The van der Waals surface area contributed by atoms with Crippen molar-refractivity contribution in [2.45, 2.75) is 112 Å². The molecule has 29 heavy (non-hydrogen) atoms. The van der Waals surface area contributed by atoms with Gasteiger partial charge in [0, 0.05) is 0 Å². The van der Waals surface area contributed by atoms with Gasteiger partial charge in [0.15, 0.2) is 7.28 Å². The average molecular weight is 398 g/mol. The fourth-order valence-corrected chi connectivity index (χ4v) is 4.49. The van der Waals surface area contributed by atoms with E-state index in [1.54, 1.807) is 5.47 Å². The Bertz CT molecular complexity index is 504. The first kappa shape index (κ1) is 26.3. The molecule has 2 unspecified atom stereocenters. The highest BCUT2D eigenvalue weighted by atomic mass is 14.3. The lowest BCUT2D eigenvalue weighted by atomic mass is 9.54. The molecule has 0 bridgehead atoms. The molecular formula is C28H50B. The first-order valence-corrected chi connectivity index (χ1v) is 12.6. The highest BCUT2D eigenvalue weighted by molar-refractivity contribution is 6.53. The topological polar surface area (TPSA) is 0 Å². The zero-order chi connectivity index (χ0) is 21.8. The van der Waals surface area contributed by atoms with Gasteiger partial charge in [-0.15, -0.1) is 24.1 Å². The van der Waals surface area contributed by atoms with Crippen LogP contribution >= 0.6 is 0 Å². The van der Waals surface area contributed by atoms with Gasteiger partial charge >= 0.3 is 0 Å². The molecule has 165 valence electrons. The lowest BCUT2D eigenvalue weighted by molar-refractivity contribution is 0.288. The van der Waals surface area contributed by atoms with Gasteiger partial charge in [-0.05, 0) is 75.0 Å². The Morgan fingerprint density at radius 1 is 0.966 bits per heavy atom. The van der Waals surface area contributed by atoms with E-state index in [0.29, 0.717) is 17.8 Å². The first-order chi connectivity index (χ1) is 13.7. The van der Waals surface area contributed by atoms with Crippen LogP contribution in [0.3, 0.4) is 0 Å². The SMILES string of the molecule is C=C(C)CCCCCCC1CCC(/C=C(\[B]C(=C)C(C)C(C)C)C(C)CC)CC1. The number of hydrogen-bond donors (Lipinski definition) is 0. The van der Waals surface area contributed by atoms with Crippen molar-refractivity contribution >= 4 is 7.28 Å². The van der Waals surface area contributed by atoms with Gasteiger partial charge in [-0.1, -0.05) is 78.4 Å². The number of allylic oxidation sites excluding steroid dienone is 4. The predicted molar refractivity (Wildman–Crippen MR) is 134 cm³/mol. The Morgan fingerprint density at radius 3 is 2.14 bits per heavy atom. The minimum absolute atomic E-state index is 0.564. The van der Waals surface area contributed by atoms with Gasteiger partial charge in [-0.3, -0.25) is 0 Å². The maximum Gasteiger partial charge on any atom is 0.179 e. The van der Waals surface area contributed by atoms with Gasteiger partial charge in [0.1, 0.15) is 0 Å². The fourth-order valence-electron chi connectivity index (χ4n) is 4.49. The predicted octanol–water partition coefficient (Wildman–Crippen LogP) is 9.15. The molecule has 0 aliphatic heterocycles.